The number of carbonyl (C=O) groups is 1. The zero-order chi connectivity index (χ0) is 30.6. The zero-order valence-corrected chi connectivity index (χ0v) is 26.0. The van der Waals surface area contributed by atoms with Gasteiger partial charge in [-0.2, -0.15) is 0 Å². The van der Waals surface area contributed by atoms with Crippen LogP contribution in [0.25, 0.3) is 28.2 Å². The molecule has 3 aromatic rings. The lowest BCUT2D eigenvalue weighted by Crippen LogP contribution is -2.07. The Balaban J connectivity index is 0.000000748. The normalized spacial score (nSPS) is 15.5. The summed E-state index contributed by atoms with van der Waals surface area (Å²) in [6.07, 6.45) is 11.3. The predicted octanol–water partition coefficient (Wildman–Crippen LogP) is 9.55. The van der Waals surface area contributed by atoms with Gasteiger partial charge in [0, 0.05) is 27.7 Å². The van der Waals surface area contributed by atoms with E-state index < -0.39 is 5.97 Å². The summed E-state index contributed by atoms with van der Waals surface area (Å²) in [6.45, 7) is 19.1. The number of aromatic carboxylic acids is 1. The second-order valence-electron chi connectivity index (χ2n) is 11.8. The Hall–Kier alpha value is -3.99. The van der Waals surface area contributed by atoms with Crippen LogP contribution in [-0.4, -0.2) is 22.2 Å². The molecule has 1 fully saturated rings. The summed E-state index contributed by atoms with van der Waals surface area (Å²) in [5.74, 6) is 0.434. The largest absolute Gasteiger partial charge is 0.490 e. The van der Waals surface area contributed by atoms with Crippen molar-refractivity contribution in [2.45, 2.75) is 85.6 Å². The summed E-state index contributed by atoms with van der Waals surface area (Å²) in [5, 5.41) is 10.9. The quantitative estimate of drug-likeness (QED) is 0.230. The highest BCUT2D eigenvalue weighted by molar-refractivity contribution is 5.99. The standard InChI is InChI=1S/C32H36N2O3.C5H10/c1-19(21(3)22(4)33)10-13-25-20(2)11-14-27-30-29(23-8-6-5-7-9-23)26-15-12-24(32(35)36)18-28(26)34(30)16-17-37-31(25)27;1-4-5(2)3/h10-15,18,23H,1,5-9,16-17,33H2,2-4H3,(H,35,36);2,4H2,1,3H3/b13-10-,22-21+;. The molecule has 0 radical (unpaired) electrons. The van der Waals surface area contributed by atoms with Crippen LogP contribution < -0.4 is 10.5 Å². The molecule has 222 valence electrons. The molecule has 0 bridgehead atoms. The monoisotopic (exact) mass is 566 g/mol. The summed E-state index contributed by atoms with van der Waals surface area (Å²) >= 11 is 0. The predicted molar refractivity (Wildman–Crippen MR) is 176 cm³/mol. The Morgan fingerprint density at radius 2 is 1.81 bits per heavy atom. The summed E-state index contributed by atoms with van der Waals surface area (Å²) in [5.41, 5.74) is 16.9. The minimum Gasteiger partial charge on any atom is -0.490 e. The van der Waals surface area contributed by atoms with Crippen LogP contribution in [0.3, 0.4) is 0 Å². The average molecular weight is 567 g/mol. The molecule has 1 aliphatic heterocycles. The van der Waals surface area contributed by atoms with E-state index in [2.05, 4.69) is 49.8 Å². The van der Waals surface area contributed by atoms with Gasteiger partial charge in [0.1, 0.15) is 12.4 Å². The zero-order valence-electron chi connectivity index (χ0n) is 26.0. The number of hydrogen-bond donors (Lipinski definition) is 2. The first-order chi connectivity index (χ1) is 20.0. The summed E-state index contributed by atoms with van der Waals surface area (Å²) < 4.78 is 8.75. The van der Waals surface area contributed by atoms with E-state index in [1.807, 2.05) is 39.0 Å². The molecule has 1 aliphatic carbocycles. The van der Waals surface area contributed by atoms with Gasteiger partial charge in [-0.25, -0.2) is 4.79 Å². The smallest absolute Gasteiger partial charge is 0.335 e. The Kier molecular flexibility index (Phi) is 9.82. The van der Waals surface area contributed by atoms with Gasteiger partial charge in [0.05, 0.1) is 17.8 Å². The van der Waals surface area contributed by atoms with E-state index in [9.17, 15) is 9.90 Å². The van der Waals surface area contributed by atoms with Crippen LogP contribution >= 0.6 is 0 Å². The Morgan fingerprint density at radius 3 is 2.43 bits per heavy atom. The first-order valence-electron chi connectivity index (χ1n) is 15.2. The van der Waals surface area contributed by atoms with Crippen LogP contribution in [-0.2, 0) is 6.54 Å². The third-order valence-corrected chi connectivity index (χ3v) is 8.72. The third kappa shape index (κ3) is 6.41. The van der Waals surface area contributed by atoms with E-state index in [0.29, 0.717) is 24.6 Å². The van der Waals surface area contributed by atoms with Crippen molar-refractivity contribution < 1.29 is 14.6 Å². The van der Waals surface area contributed by atoms with Crippen LogP contribution in [0.4, 0.5) is 0 Å². The summed E-state index contributed by atoms with van der Waals surface area (Å²) in [7, 11) is 0. The van der Waals surface area contributed by atoms with Gasteiger partial charge in [-0.3, -0.25) is 0 Å². The molecule has 0 unspecified atom stereocenters. The van der Waals surface area contributed by atoms with Gasteiger partial charge < -0.3 is 20.1 Å². The minimum absolute atomic E-state index is 0.318. The lowest BCUT2D eigenvalue weighted by Gasteiger charge is -2.24. The number of carboxylic acids is 1. The fourth-order valence-corrected chi connectivity index (χ4v) is 5.88. The second-order valence-corrected chi connectivity index (χ2v) is 11.8. The average Bonchev–Trinajstić information content (AvgIpc) is 3.17. The number of fused-ring (bicyclic) bond motifs is 5. The van der Waals surface area contributed by atoms with Crippen molar-refractivity contribution in [2.24, 2.45) is 5.73 Å². The number of nitrogens with two attached hydrogens (primary N) is 1. The number of nitrogens with zero attached hydrogens (tertiary/aromatic N) is 1. The van der Waals surface area contributed by atoms with Crippen molar-refractivity contribution in [2.75, 3.05) is 6.61 Å². The van der Waals surface area contributed by atoms with E-state index in [0.717, 1.165) is 64.1 Å². The third-order valence-electron chi connectivity index (χ3n) is 8.72. The molecule has 42 heavy (non-hydrogen) atoms. The highest BCUT2D eigenvalue weighted by atomic mass is 16.5. The maximum Gasteiger partial charge on any atom is 0.335 e. The molecule has 0 saturated heterocycles. The second kappa shape index (κ2) is 13.3. The molecule has 2 aliphatic rings. The van der Waals surface area contributed by atoms with Crippen molar-refractivity contribution in [1.29, 1.82) is 0 Å². The number of ether oxygens (including phenoxy) is 1. The van der Waals surface area contributed by atoms with Gasteiger partial charge in [-0.15, -0.1) is 6.58 Å². The molecular weight excluding hydrogens is 520 g/mol. The van der Waals surface area contributed by atoms with Gasteiger partial charge in [0.25, 0.3) is 0 Å². The van der Waals surface area contributed by atoms with Crippen LogP contribution in [0.2, 0.25) is 0 Å². The van der Waals surface area contributed by atoms with E-state index in [-0.39, 0.29) is 0 Å². The molecule has 0 amide bonds. The first-order valence-corrected chi connectivity index (χ1v) is 15.2. The van der Waals surface area contributed by atoms with Crippen LogP contribution in [0.5, 0.6) is 5.75 Å². The SMILES string of the molecule is C=C(/C=C\c1c(C)ccc2c1OCCn1c-2c(C2CCCCC2)c2ccc(C(=O)O)cc21)/C(C)=C(\C)N.C=C(C)CC. The fraction of sp³-hybridized carbons (Fsp3) is 0.378. The molecule has 5 nitrogen and oxygen atoms in total. The lowest BCUT2D eigenvalue weighted by molar-refractivity contribution is 0.0697. The van der Waals surface area contributed by atoms with Crippen molar-refractivity contribution >= 4 is 22.9 Å². The number of hydrogen-bond acceptors (Lipinski definition) is 3. The minimum atomic E-state index is -0.901. The number of rotatable bonds is 6. The van der Waals surface area contributed by atoms with E-state index >= 15 is 0 Å². The highest BCUT2D eigenvalue weighted by Gasteiger charge is 2.30. The van der Waals surface area contributed by atoms with E-state index in [4.69, 9.17) is 10.5 Å². The first kappa shape index (κ1) is 31.0. The van der Waals surface area contributed by atoms with Crippen LogP contribution in [0.1, 0.15) is 99.2 Å². The Bertz CT molecular complexity index is 1570. The van der Waals surface area contributed by atoms with Crippen LogP contribution in [0.15, 0.2) is 72.0 Å². The Morgan fingerprint density at radius 1 is 1.12 bits per heavy atom. The number of carboxylic acid groups (broad SMARTS) is 1. The number of allylic oxidation sites excluding steroid dienone is 5. The Labute approximate surface area is 251 Å². The fourth-order valence-electron chi connectivity index (χ4n) is 5.88. The van der Waals surface area contributed by atoms with Crippen molar-refractivity contribution in [3.05, 3.63) is 94.2 Å². The molecule has 0 spiro atoms. The van der Waals surface area contributed by atoms with Gasteiger partial charge >= 0.3 is 5.97 Å². The molecule has 5 rings (SSSR count). The van der Waals surface area contributed by atoms with Gasteiger partial charge in [-0.1, -0.05) is 62.6 Å². The van der Waals surface area contributed by atoms with Crippen molar-refractivity contribution in [3.63, 3.8) is 0 Å². The summed E-state index contributed by atoms with van der Waals surface area (Å²) in [6, 6.07) is 9.93. The number of aromatic nitrogens is 1. The molecule has 0 atom stereocenters. The lowest BCUT2D eigenvalue weighted by atomic mass is 9.81. The molecule has 2 aromatic carbocycles. The summed E-state index contributed by atoms with van der Waals surface area (Å²) in [4.78, 5) is 11.8. The molecule has 2 heterocycles. The number of benzene rings is 2. The van der Waals surface area contributed by atoms with E-state index in [1.165, 1.54) is 41.5 Å². The molecule has 3 N–H and O–H groups in total. The molecule has 1 saturated carbocycles. The van der Waals surface area contributed by atoms with Gasteiger partial charge in [0.15, 0.2) is 0 Å². The van der Waals surface area contributed by atoms with Gasteiger partial charge in [-0.05, 0) is 93.3 Å². The molecule has 5 heteroatoms. The van der Waals surface area contributed by atoms with Gasteiger partial charge in [0.2, 0.25) is 0 Å². The topological polar surface area (TPSA) is 77.5 Å². The maximum atomic E-state index is 11.8. The highest BCUT2D eigenvalue weighted by Crippen LogP contribution is 2.48. The van der Waals surface area contributed by atoms with Crippen LogP contribution in [0, 0.1) is 6.92 Å². The van der Waals surface area contributed by atoms with Crippen molar-refractivity contribution in [3.8, 4) is 17.0 Å². The maximum absolute atomic E-state index is 11.8. The molecular formula is C37H46N2O3. The van der Waals surface area contributed by atoms with E-state index in [1.54, 1.807) is 6.07 Å². The molecule has 1 aromatic heterocycles. The number of aryl methyl sites for hydroxylation is 1. The van der Waals surface area contributed by atoms with Crippen molar-refractivity contribution in [1.82, 2.24) is 4.57 Å².